The molecule has 18 heavy (non-hydrogen) atoms. The third kappa shape index (κ3) is 5.54. The van der Waals surface area contributed by atoms with Gasteiger partial charge in [-0.15, -0.1) is 0 Å². The van der Waals surface area contributed by atoms with Crippen molar-refractivity contribution >= 4 is 21.8 Å². The number of aryl methyl sites for hydroxylation is 1. The summed E-state index contributed by atoms with van der Waals surface area (Å²) < 4.78 is 5.09. The Bertz CT molecular complexity index is 365. The van der Waals surface area contributed by atoms with E-state index >= 15 is 0 Å². The van der Waals surface area contributed by atoms with Crippen LogP contribution in [0.3, 0.4) is 0 Å². The number of halogens is 1. The summed E-state index contributed by atoms with van der Waals surface area (Å²) in [5, 5.41) is 3.89. The van der Waals surface area contributed by atoms with E-state index in [1.807, 2.05) is 31.2 Å². The van der Waals surface area contributed by atoms with Gasteiger partial charge in [-0.05, 0) is 37.5 Å². The van der Waals surface area contributed by atoms with Crippen LogP contribution in [0.25, 0.3) is 0 Å². The van der Waals surface area contributed by atoms with Crippen molar-refractivity contribution in [3.8, 4) is 5.75 Å². The number of methoxy groups -OCH3 is 1. The zero-order valence-electron chi connectivity index (χ0n) is 10.9. The number of ether oxygens (including phenoxy) is 1. The number of nitrogens with one attached hydrogen (secondary N) is 1. The Labute approximate surface area is 117 Å². The molecule has 1 rings (SSSR count). The summed E-state index contributed by atoms with van der Waals surface area (Å²) in [5.41, 5.74) is 1.15. The number of carbonyl (C=O) groups is 1. The lowest BCUT2D eigenvalue weighted by Gasteiger charge is -2.12. The Morgan fingerprint density at radius 1 is 1.39 bits per heavy atom. The van der Waals surface area contributed by atoms with Gasteiger partial charge in [0, 0.05) is 17.8 Å². The molecule has 0 aliphatic carbocycles. The van der Waals surface area contributed by atoms with Gasteiger partial charge in [0.2, 0.25) is 5.91 Å². The molecular formula is C14H20BrNO2. The van der Waals surface area contributed by atoms with Crippen LogP contribution in [0, 0.1) is 0 Å². The van der Waals surface area contributed by atoms with Crippen LogP contribution in [-0.2, 0) is 11.2 Å². The Kier molecular flexibility index (Phi) is 6.80. The molecule has 0 bridgehead atoms. The molecule has 4 heteroatoms. The van der Waals surface area contributed by atoms with E-state index in [-0.39, 0.29) is 11.9 Å². The van der Waals surface area contributed by atoms with Crippen LogP contribution < -0.4 is 10.1 Å². The zero-order chi connectivity index (χ0) is 13.4. The Morgan fingerprint density at radius 3 is 2.61 bits per heavy atom. The molecule has 0 saturated carbocycles. The second-order valence-electron chi connectivity index (χ2n) is 4.29. The van der Waals surface area contributed by atoms with Gasteiger partial charge in [-0.2, -0.15) is 0 Å². The number of alkyl halides is 1. The highest BCUT2D eigenvalue weighted by molar-refractivity contribution is 9.09. The second-order valence-corrected chi connectivity index (χ2v) is 5.09. The van der Waals surface area contributed by atoms with Crippen LogP contribution in [0.5, 0.6) is 5.75 Å². The molecule has 1 N–H and O–H groups in total. The van der Waals surface area contributed by atoms with E-state index in [1.165, 1.54) is 0 Å². The first-order chi connectivity index (χ1) is 8.65. The summed E-state index contributed by atoms with van der Waals surface area (Å²) in [5.74, 6) is 0.952. The van der Waals surface area contributed by atoms with Gasteiger partial charge in [0.25, 0.3) is 0 Å². The van der Waals surface area contributed by atoms with E-state index in [4.69, 9.17) is 4.74 Å². The normalized spacial score (nSPS) is 11.9. The average molecular weight is 314 g/mol. The number of amides is 1. The lowest BCUT2D eigenvalue weighted by molar-refractivity contribution is -0.121. The number of rotatable bonds is 7. The van der Waals surface area contributed by atoms with Crippen LogP contribution in [-0.4, -0.2) is 24.4 Å². The SMILES string of the molecule is COc1ccc(CCC(=O)NC(C)CCBr)cc1. The molecule has 1 amide bonds. The first kappa shape index (κ1) is 15.0. The van der Waals surface area contributed by atoms with Gasteiger partial charge in [0.05, 0.1) is 7.11 Å². The molecule has 0 saturated heterocycles. The molecule has 1 aromatic rings. The molecule has 0 aromatic heterocycles. The minimum absolute atomic E-state index is 0.110. The van der Waals surface area contributed by atoms with Crippen molar-refractivity contribution in [2.75, 3.05) is 12.4 Å². The number of carbonyl (C=O) groups excluding carboxylic acids is 1. The van der Waals surface area contributed by atoms with Crippen LogP contribution in [0.4, 0.5) is 0 Å². The highest BCUT2D eigenvalue weighted by Gasteiger charge is 2.06. The standard InChI is InChI=1S/C14H20BrNO2/c1-11(9-10-15)16-14(17)8-5-12-3-6-13(18-2)7-4-12/h3-4,6-7,11H,5,8-10H2,1-2H3,(H,16,17). The van der Waals surface area contributed by atoms with Gasteiger partial charge in [0.1, 0.15) is 5.75 Å². The Morgan fingerprint density at radius 2 is 2.06 bits per heavy atom. The van der Waals surface area contributed by atoms with E-state index in [1.54, 1.807) is 7.11 Å². The fourth-order valence-electron chi connectivity index (χ4n) is 1.63. The van der Waals surface area contributed by atoms with Crippen molar-refractivity contribution in [3.05, 3.63) is 29.8 Å². The highest BCUT2D eigenvalue weighted by Crippen LogP contribution is 2.12. The number of benzene rings is 1. The van der Waals surface area contributed by atoms with Crippen LogP contribution in [0.2, 0.25) is 0 Å². The summed E-state index contributed by atoms with van der Waals surface area (Å²) in [6.07, 6.45) is 2.24. The maximum atomic E-state index is 11.7. The van der Waals surface area contributed by atoms with Gasteiger partial charge in [0.15, 0.2) is 0 Å². The average Bonchev–Trinajstić information content (AvgIpc) is 2.37. The Hall–Kier alpha value is -1.03. The smallest absolute Gasteiger partial charge is 0.220 e. The van der Waals surface area contributed by atoms with Gasteiger partial charge in [-0.25, -0.2) is 0 Å². The quantitative estimate of drug-likeness (QED) is 0.786. The van der Waals surface area contributed by atoms with E-state index in [0.29, 0.717) is 6.42 Å². The van der Waals surface area contributed by atoms with Crippen molar-refractivity contribution < 1.29 is 9.53 Å². The van der Waals surface area contributed by atoms with Crippen molar-refractivity contribution in [2.45, 2.75) is 32.2 Å². The molecule has 0 aliphatic rings. The molecule has 3 nitrogen and oxygen atoms in total. The van der Waals surface area contributed by atoms with Crippen LogP contribution in [0.15, 0.2) is 24.3 Å². The molecule has 1 atom stereocenters. The van der Waals surface area contributed by atoms with Crippen LogP contribution >= 0.6 is 15.9 Å². The second kappa shape index (κ2) is 8.14. The molecule has 0 fully saturated rings. The third-order valence-corrected chi connectivity index (χ3v) is 3.21. The molecule has 0 spiro atoms. The van der Waals surface area contributed by atoms with Gasteiger partial charge < -0.3 is 10.1 Å². The molecule has 1 unspecified atom stereocenters. The minimum atomic E-state index is 0.110. The molecule has 0 radical (unpaired) electrons. The molecule has 100 valence electrons. The first-order valence-corrected chi connectivity index (χ1v) is 7.26. The van der Waals surface area contributed by atoms with E-state index in [9.17, 15) is 4.79 Å². The van der Waals surface area contributed by atoms with Crippen molar-refractivity contribution in [1.82, 2.24) is 5.32 Å². The highest BCUT2D eigenvalue weighted by atomic mass is 79.9. The van der Waals surface area contributed by atoms with Crippen molar-refractivity contribution in [1.29, 1.82) is 0 Å². The number of hydrogen-bond acceptors (Lipinski definition) is 2. The van der Waals surface area contributed by atoms with E-state index < -0.39 is 0 Å². The molecular weight excluding hydrogens is 294 g/mol. The summed E-state index contributed by atoms with van der Waals surface area (Å²) in [7, 11) is 1.65. The lowest BCUT2D eigenvalue weighted by Crippen LogP contribution is -2.32. The zero-order valence-corrected chi connectivity index (χ0v) is 12.5. The monoisotopic (exact) mass is 313 g/mol. The van der Waals surface area contributed by atoms with Crippen molar-refractivity contribution in [2.24, 2.45) is 0 Å². The maximum absolute atomic E-state index is 11.7. The summed E-state index contributed by atoms with van der Waals surface area (Å²) in [6.45, 7) is 2.02. The fraction of sp³-hybridized carbons (Fsp3) is 0.500. The minimum Gasteiger partial charge on any atom is -0.497 e. The lowest BCUT2D eigenvalue weighted by atomic mass is 10.1. The predicted octanol–water partition coefficient (Wildman–Crippen LogP) is 2.92. The summed E-state index contributed by atoms with van der Waals surface area (Å²) >= 11 is 3.37. The van der Waals surface area contributed by atoms with E-state index in [0.717, 1.165) is 29.5 Å². The molecule has 0 aliphatic heterocycles. The van der Waals surface area contributed by atoms with E-state index in [2.05, 4.69) is 21.2 Å². The van der Waals surface area contributed by atoms with Crippen LogP contribution in [0.1, 0.15) is 25.3 Å². The summed E-state index contributed by atoms with van der Waals surface area (Å²) in [6, 6.07) is 8.05. The fourth-order valence-corrected chi connectivity index (χ4v) is 2.32. The third-order valence-electron chi connectivity index (χ3n) is 2.75. The Balaban J connectivity index is 2.33. The predicted molar refractivity (Wildman–Crippen MR) is 77.3 cm³/mol. The van der Waals surface area contributed by atoms with Gasteiger partial charge in [-0.3, -0.25) is 4.79 Å². The van der Waals surface area contributed by atoms with Gasteiger partial charge in [-0.1, -0.05) is 28.1 Å². The maximum Gasteiger partial charge on any atom is 0.220 e. The largest absolute Gasteiger partial charge is 0.497 e. The van der Waals surface area contributed by atoms with Gasteiger partial charge >= 0.3 is 0 Å². The summed E-state index contributed by atoms with van der Waals surface area (Å²) in [4.78, 5) is 11.7. The van der Waals surface area contributed by atoms with Crippen molar-refractivity contribution in [3.63, 3.8) is 0 Å². The first-order valence-electron chi connectivity index (χ1n) is 6.14. The topological polar surface area (TPSA) is 38.3 Å². The molecule has 0 heterocycles. The number of hydrogen-bond donors (Lipinski definition) is 1. The molecule has 1 aromatic carbocycles.